The van der Waals surface area contributed by atoms with E-state index in [0.717, 1.165) is 54.0 Å². The molecule has 0 saturated carbocycles. The van der Waals surface area contributed by atoms with Crippen LogP contribution in [0.3, 0.4) is 0 Å². The fourth-order valence-electron chi connectivity index (χ4n) is 6.50. The summed E-state index contributed by atoms with van der Waals surface area (Å²) in [4.78, 5) is 0. The van der Waals surface area contributed by atoms with E-state index in [1.807, 2.05) is 18.2 Å². The maximum atomic E-state index is 6.65. The molecule has 2 atom stereocenters. The van der Waals surface area contributed by atoms with Gasteiger partial charge in [-0.1, -0.05) is 109 Å². The molecule has 190 valence electrons. The van der Waals surface area contributed by atoms with Gasteiger partial charge >= 0.3 is 0 Å². The summed E-state index contributed by atoms with van der Waals surface area (Å²) < 4.78 is 6.65. The molecule has 1 aromatic heterocycles. The van der Waals surface area contributed by atoms with Gasteiger partial charge in [0.15, 0.2) is 0 Å². The minimum absolute atomic E-state index is 0.0161. The predicted molar refractivity (Wildman–Crippen MR) is 157 cm³/mol. The van der Waals surface area contributed by atoms with E-state index in [9.17, 15) is 0 Å². The van der Waals surface area contributed by atoms with Gasteiger partial charge in [-0.3, -0.25) is 0 Å². The summed E-state index contributed by atoms with van der Waals surface area (Å²) in [6.07, 6.45) is 15.2. The van der Waals surface area contributed by atoms with Crippen molar-refractivity contribution in [3.05, 3.63) is 155 Å². The topological polar surface area (TPSA) is 35.0 Å². The van der Waals surface area contributed by atoms with Gasteiger partial charge in [-0.15, -0.1) is 10.2 Å². The molecule has 0 amide bonds. The number of allylic oxidation sites excluding steroid dienone is 6. The van der Waals surface area contributed by atoms with Gasteiger partial charge in [-0.2, -0.15) is 0 Å². The largest absolute Gasteiger partial charge is 0.485 e. The summed E-state index contributed by atoms with van der Waals surface area (Å²) >= 11 is 0. The Morgan fingerprint density at radius 1 is 0.744 bits per heavy atom. The summed E-state index contributed by atoms with van der Waals surface area (Å²) in [5.41, 5.74) is 8.69. The fourth-order valence-corrected chi connectivity index (χ4v) is 6.50. The van der Waals surface area contributed by atoms with E-state index in [4.69, 9.17) is 9.84 Å². The SMILES string of the molecule is C1=CCC2Oc3ccccc3C(C3=C(c4ccc(-c5ccccc5)nn4)C=CCCC3)(c3ccccc3)C2=C1. The molecule has 3 aliphatic rings. The van der Waals surface area contributed by atoms with Gasteiger partial charge in [0.1, 0.15) is 11.9 Å². The highest BCUT2D eigenvalue weighted by molar-refractivity contribution is 5.82. The highest BCUT2D eigenvalue weighted by Crippen LogP contribution is 2.57. The molecule has 3 nitrogen and oxygen atoms in total. The lowest BCUT2D eigenvalue weighted by Gasteiger charge is -2.48. The Morgan fingerprint density at radius 2 is 1.49 bits per heavy atom. The van der Waals surface area contributed by atoms with E-state index in [2.05, 4.69) is 114 Å². The summed E-state index contributed by atoms with van der Waals surface area (Å²) in [5.74, 6) is 0.962. The molecular formula is C36H30N2O. The monoisotopic (exact) mass is 506 g/mol. The van der Waals surface area contributed by atoms with Gasteiger partial charge < -0.3 is 4.74 Å². The second-order valence-corrected chi connectivity index (χ2v) is 10.4. The summed E-state index contributed by atoms with van der Waals surface area (Å²) in [5, 5.41) is 9.51. The van der Waals surface area contributed by atoms with Gasteiger partial charge in [-0.25, -0.2) is 0 Å². The third-order valence-corrected chi connectivity index (χ3v) is 8.18. The van der Waals surface area contributed by atoms with Crippen molar-refractivity contribution >= 4 is 5.57 Å². The Balaban J connectivity index is 1.52. The van der Waals surface area contributed by atoms with Gasteiger partial charge in [0.25, 0.3) is 0 Å². The van der Waals surface area contributed by atoms with Gasteiger partial charge in [-0.05, 0) is 54.2 Å². The minimum atomic E-state index is -0.463. The Morgan fingerprint density at radius 3 is 2.31 bits per heavy atom. The van der Waals surface area contributed by atoms with Crippen LogP contribution in [0.4, 0.5) is 0 Å². The van der Waals surface area contributed by atoms with E-state index in [0.29, 0.717) is 0 Å². The number of rotatable bonds is 4. The molecule has 3 heteroatoms. The highest BCUT2D eigenvalue weighted by Gasteiger charge is 2.50. The van der Waals surface area contributed by atoms with Crippen LogP contribution in [-0.2, 0) is 5.41 Å². The maximum Gasteiger partial charge on any atom is 0.125 e. The molecule has 0 radical (unpaired) electrons. The van der Waals surface area contributed by atoms with Gasteiger partial charge in [0.05, 0.1) is 16.8 Å². The second-order valence-electron chi connectivity index (χ2n) is 10.4. The van der Waals surface area contributed by atoms with Crippen LogP contribution >= 0.6 is 0 Å². The molecule has 2 aliphatic carbocycles. The molecule has 0 N–H and O–H groups in total. The third-order valence-electron chi connectivity index (χ3n) is 8.18. The van der Waals surface area contributed by atoms with Crippen molar-refractivity contribution in [2.24, 2.45) is 0 Å². The molecule has 0 bridgehead atoms. The van der Waals surface area contributed by atoms with Crippen LogP contribution in [-0.4, -0.2) is 16.3 Å². The average Bonchev–Trinajstić information content (AvgIpc) is 3.27. The van der Waals surface area contributed by atoms with Crippen molar-refractivity contribution in [2.75, 3.05) is 0 Å². The van der Waals surface area contributed by atoms with Crippen LogP contribution in [0, 0.1) is 0 Å². The van der Waals surface area contributed by atoms with Crippen LogP contribution in [0.5, 0.6) is 5.75 Å². The van der Waals surface area contributed by atoms with Crippen molar-refractivity contribution in [2.45, 2.75) is 37.2 Å². The first kappa shape index (κ1) is 23.6. The fraction of sp³-hybridized carbons (Fsp3) is 0.167. The summed E-state index contributed by atoms with van der Waals surface area (Å²) in [6, 6.07) is 34.1. The predicted octanol–water partition coefficient (Wildman–Crippen LogP) is 8.27. The number of para-hydroxylation sites is 1. The van der Waals surface area contributed by atoms with E-state index in [1.54, 1.807) is 0 Å². The van der Waals surface area contributed by atoms with Crippen molar-refractivity contribution in [3.8, 4) is 17.0 Å². The number of fused-ring (bicyclic) bond motifs is 2. The van der Waals surface area contributed by atoms with Crippen molar-refractivity contribution in [1.29, 1.82) is 0 Å². The van der Waals surface area contributed by atoms with Crippen LogP contribution in [0.15, 0.2) is 139 Å². The van der Waals surface area contributed by atoms with E-state index < -0.39 is 5.41 Å². The van der Waals surface area contributed by atoms with Crippen LogP contribution in [0.1, 0.15) is 42.5 Å². The molecule has 0 fully saturated rings. The first-order valence-corrected chi connectivity index (χ1v) is 13.8. The van der Waals surface area contributed by atoms with Crippen molar-refractivity contribution in [3.63, 3.8) is 0 Å². The molecule has 7 rings (SSSR count). The Kier molecular flexibility index (Phi) is 6.05. The van der Waals surface area contributed by atoms with Crippen LogP contribution in [0.25, 0.3) is 16.8 Å². The lowest BCUT2D eigenvalue weighted by Crippen LogP contribution is -2.44. The van der Waals surface area contributed by atoms with Crippen molar-refractivity contribution < 1.29 is 4.74 Å². The number of hydrogen-bond donors (Lipinski definition) is 0. The molecule has 0 spiro atoms. The van der Waals surface area contributed by atoms with E-state index in [-0.39, 0.29) is 6.10 Å². The minimum Gasteiger partial charge on any atom is -0.485 e. The zero-order valence-electron chi connectivity index (χ0n) is 21.8. The number of aromatic nitrogens is 2. The first-order valence-electron chi connectivity index (χ1n) is 13.8. The Hall–Kier alpha value is -4.50. The lowest BCUT2D eigenvalue weighted by atomic mass is 9.58. The van der Waals surface area contributed by atoms with E-state index >= 15 is 0 Å². The van der Waals surface area contributed by atoms with Crippen LogP contribution < -0.4 is 4.74 Å². The molecule has 39 heavy (non-hydrogen) atoms. The average molecular weight is 507 g/mol. The number of nitrogens with zero attached hydrogens (tertiary/aromatic N) is 2. The Bertz CT molecular complexity index is 1610. The van der Waals surface area contributed by atoms with Gasteiger partial charge in [0, 0.05) is 23.1 Å². The molecule has 0 saturated heterocycles. The molecule has 2 unspecified atom stereocenters. The number of ether oxygens (including phenoxy) is 1. The summed E-state index contributed by atoms with van der Waals surface area (Å²) in [7, 11) is 0. The number of hydrogen-bond acceptors (Lipinski definition) is 3. The van der Waals surface area contributed by atoms with Crippen LogP contribution in [0.2, 0.25) is 0 Å². The highest BCUT2D eigenvalue weighted by atomic mass is 16.5. The van der Waals surface area contributed by atoms with Gasteiger partial charge in [0.2, 0.25) is 0 Å². The second kappa shape index (κ2) is 9.99. The molecular weight excluding hydrogens is 476 g/mol. The molecule has 4 aromatic rings. The third kappa shape index (κ3) is 3.97. The zero-order chi connectivity index (χ0) is 26.1. The smallest absolute Gasteiger partial charge is 0.125 e. The maximum absolute atomic E-state index is 6.65. The quantitative estimate of drug-likeness (QED) is 0.279. The van der Waals surface area contributed by atoms with E-state index in [1.165, 1.54) is 22.3 Å². The first-order chi connectivity index (χ1) is 19.4. The molecule has 3 aromatic carbocycles. The number of benzene rings is 3. The Labute approximate surface area is 229 Å². The van der Waals surface area contributed by atoms with Crippen molar-refractivity contribution in [1.82, 2.24) is 10.2 Å². The normalized spacial score (nSPS) is 21.8. The standard InChI is InChI=1S/C36H30N2O/c1-4-14-26(15-5-1)32-24-25-33(38-37-32)28-18-8-3-9-19-29(28)36(27-16-6-2-7-17-27)30-20-10-12-22-34(30)39-35-23-13-11-21-31(35)36/h1-2,4-8,10-18,20-22,24-25,35H,3,9,19,23H2. The molecule has 2 heterocycles. The molecule has 1 aliphatic heterocycles. The summed E-state index contributed by atoms with van der Waals surface area (Å²) in [6.45, 7) is 0. The lowest BCUT2D eigenvalue weighted by molar-refractivity contribution is 0.203. The zero-order valence-corrected chi connectivity index (χ0v) is 21.8.